The summed E-state index contributed by atoms with van der Waals surface area (Å²) in [6, 6.07) is 9.30. The molecule has 0 aromatic heterocycles. The van der Waals surface area contributed by atoms with Crippen molar-refractivity contribution in [3.8, 4) is 0 Å². The molecule has 0 N–H and O–H groups in total. The Bertz CT molecular complexity index is 481. The lowest BCUT2D eigenvalue weighted by Crippen LogP contribution is -2.35. The van der Waals surface area contributed by atoms with Crippen molar-refractivity contribution in [3.05, 3.63) is 35.9 Å². The van der Waals surface area contributed by atoms with Crippen molar-refractivity contribution in [2.75, 3.05) is 6.54 Å². The molecule has 2 rings (SSSR count). The molecule has 0 bridgehead atoms. The molecule has 1 aliphatic rings. The van der Waals surface area contributed by atoms with Crippen LogP contribution in [0.1, 0.15) is 18.9 Å². The minimum absolute atomic E-state index is 0.100. The molecule has 0 spiro atoms. The summed E-state index contributed by atoms with van der Waals surface area (Å²) in [4.78, 5) is 36.1. The fourth-order valence-corrected chi connectivity index (χ4v) is 2.07. The molecule has 94 valence electrons. The quantitative estimate of drug-likeness (QED) is 0.749. The average molecular weight is 245 g/mol. The number of amides is 2. The summed E-state index contributed by atoms with van der Waals surface area (Å²) < 4.78 is 0. The lowest BCUT2D eigenvalue weighted by molar-refractivity contribution is -0.142. The maximum Gasteiger partial charge on any atom is 0.232 e. The van der Waals surface area contributed by atoms with Crippen molar-refractivity contribution in [2.24, 2.45) is 5.92 Å². The number of hydrogen-bond acceptors (Lipinski definition) is 3. The third kappa shape index (κ3) is 2.64. The van der Waals surface area contributed by atoms with E-state index >= 15 is 0 Å². The van der Waals surface area contributed by atoms with Crippen LogP contribution in [0, 0.1) is 5.92 Å². The molecule has 1 heterocycles. The highest BCUT2D eigenvalue weighted by Crippen LogP contribution is 2.18. The van der Waals surface area contributed by atoms with Crippen LogP contribution in [-0.2, 0) is 20.8 Å². The van der Waals surface area contributed by atoms with E-state index in [1.54, 1.807) is 6.92 Å². The van der Waals surface area contributed by atoms with Gasteiger partial charge in [-0.15, -0.1) is 0 Å². The molecule has 18 heavy (non-hydrogen) atoms. The Labute approximate surface area is 106 Å². The second-order valence-corrected chi connectivity index (χ2v) is 4.62. The highest BCUT2D eigenvalue weighted by atomic mass is 16.2. The molecule has 0 radical (unpaired) electrons. The van der Waals surface area contributed by atoms with Gasteiger partial charge in [-0.05, 0) is 5.56 Å². The smallest absolute Gasteiger partial charge is 0.232 e. The zero-order valence-electron chi connectivity index (χ0n) is 10.3. The number of nitrogens with zero attached hydrogens (tertiary/aromatic N) is 1. The van der Waals surface area contributed by atoms with Crippen LogP contribution in [0.25, 0.3) is 0 Å². The van der Waals surface area contributed by atoms with Crippen LogP contribution in [0.15, 0.2) is 30.3 Å². The zero-order chi connectivity index (χ0) is 13.1. The Hall–Kier alpha value is -1.97. The maximum absolute atomic E-state index is 11.8. The van der Waals surface area contributed by atoms with E-state index in [9.17, 15) is 14.4 Å². The van der Waals surface area contributed by atoms with E-state index in [4.69, 9.17) is 0 Å². The standard InChI is InChI=1S/C14H15NO3/c1-10-7-13(17)15(14(10)18)9-12(16)8-11-5-3-2-4-6-11/h2-6,10H,7-9H2,1H3. The average Bonchev–Trinajstić information content (AvgIpc) is 2.57. The molecule has 1 fully saturated rings. The number of carbonyl (C=O) groups is 3. The Balaban J connectivity index is 1.96. The summed E-state index contributed by atoms with van der Waals surface area (Å²) in [5.74, 6) is -0.880. The first kappa shape index (κ1) is 12.5. The largest absolute Gasteiger partial charge is 0.297 e. The predicted octanol–water partition coefficient (Wildman–Crippen LogP) is 1.19. The highest BCUT2D eigenvalue weighted by molar-refractivity contribution is 6.06. The monoisotopic (exact) mass is 245 g/mol. The summed E-state index contributed by atoms with van der Waals surface area (Å²) in [7, 11) is 0. The predicted molar refractivity (Wildman–Crippen MR) is 65.7 cm³/mol. The van der Waals surface area contributed by atoms with Crippen LogP contribution >= 0.6 is 0 Å². The number of imide groups is 1. The van der Waals surface area contributed by atoms with E-state index in [1.165, 1.54) is 0 Å². The minimum atomic E-state index is -0.290. The molecule has 1 aromatic carbocycles. The first-order valence-corrected chi connectivity index (χ1v) is 5.97. The van der Waals surface area contributed by atoms with Gasteiger partial charge in [0.1, 0.15) is 0 Å². The van der Waals surface area contributed by atoms with E-state index in [-0.39, 0.29) is 42.9 Å². The van der Waals surface area contributed by atoms with Crippen LogP contribution < -0.4 is 0 Å². The summed E-state index contributed by atoms with van der Waals surface area (Å²) in [6.07, 6.45) is 0.476. The van der Waals surface area contributed by atoms with Crippen molar-refractivity contribution in [1.29, 1.82) is 0 Å². The van der Waals surface area contributed by atoms with Gasteiger partial charge in [-0.2, -0.15) is 0 Å². The van der Waals surface area contributed by atoms with Gasteiger partial charge in [0.25, 0.3) is 0 Å². The lowest BCUT2D eigenvalue weighted by Gasteiger charge is -2.13. The molecule has 1 atom stereocenters. The summed E-state index contributed by atoms with van der Waals surface area (Å²) in [5.41, 5.74) is 0.898. The number of ketones is 1. The van der Waals surface area contributed by atoms with Crippen LogP contribution in [0.4, 0.5) is 0 Å². The van der Waals surface area contributed by atoms with Gasteiger partial charge in [-0.3, -0.25) is 19.3 Å². The van der Waals surface area contributed by atoms with Crippen LogP contribution in [-0.4, -0.2) is 29.0 Å². The third-order valence-corrected chi connectivity index (χ3v) is 3.05. The number of carbonyl (C=O) groups excluding carboxylic acids is 3. The minimum Gasteiger partial charge on any atom is -0.297 e. The molecule has 1 saturated heterocycles. The van der Waals surface area contributed by atoms with E-state index in [0.29, 0.717) is 0 Å². The summed E-state index contributed by atoms with van der Waals surface area (Å²) in [5, 5.41) is 0. The Morgan fingerprint density at radius 1 is 1.28 bits per heavy atom. The van der Waals surface area contributed by atoms with Gasteiger partial charge in [-0.25, -0.2) is 0 Å². The molecular weight excluding hydrogens is 230 g/mol. The number of likely N-dealkylation sites (tertiary alicyclic amines) is 1. The molecule has 0 aliphatic carbocycles. The topological polar surface area (TPSA) is 54.5 Å². The van der Waals surface area contributed by atoms with E-state index < -0.39 is 0 Å². The van der Waals surface area contributed by atoms with Crippen molar-refractivity contribution >= 4 is 17.6 Å². The third-order valence-electron chi connectivity index (χ3n) is 3.05. The molecule has 4 nitrogen and oxygen atoms in total. The molecule has 2 amide bonds. The van der Waals surface area contributed by atoms with Crippen LogP contribution in [0.3, 0.4) is 0 Å². The van der Waals surface area contributed by atoms with Gasteiger partial charge >= 0.3 is 0 Å². The van der Waals surface area contributed by atoms with Gasteiger partial charge in [0.15, 0.2) is 5.78 Å². The Morgan fingerprint density at radius 2 is 1.94 bits per heavy atom. The Morgan fingerprint density at radius 3 is 2.50 bits per heavy atom. The normalized spacial score (nSPS) is 19.4. The summed E-state index contributed by atoms with van der Waals surface area (Å²) in [6.45, 7) is 1.61. The van der Waals surface area contributed by atoms with Crippen molar-refractivity contribution in [2.45, 2.75) is 19.8 Å². The fourth-order valence-electron chi connectivity index (χ4n) is 2.07. The summed E-state index contributed by atoms with van der Waals surface area (Å²) >= 11 is 0. The Kier molecular flexibility index (Phi) is 3.55. The van der Waals surface area contributed by atoms with E-state index in [2.05, 4.69) is 0 Å². The number of benzene rings is 1. The zero-order valence-corrected chi connectivity index (χ0v) is 10.3. The SMILES string of the molecule is CC1CC(=O)N(CC(=O)Cc2ccccc2)C1=O. The lowest BCUT2D eigenvalue weighted by atomic mass is 10.1. The van der Waals surface area contributed by atoms with Gasteiger partial charge in [0.2, 0.25) is 11.8 Å². The van der Waals surface area contributed by atoms with Crippen molar-refractivity contribution in [3.63, 3.8) is 0 Å². The molecule has 1 unspecified atom stereocenters. The van der Waals surface area contributed by atoms with Gasteiger partial charge in [0.05, 0.1) is 6.54 Å². The van der Waals surface area contributed by atoms with Gasteiger partial charge in [-0.1, -0.05) is 37.3 Å². The first-order chi connectivity index (χ1) is 8.58. The molecule has 4 heteroatoms. The molecule has 0 saturated carbocycles. The molecule has 1 aromatic rings. The van der Waals surface area contributed by atoms with E-state index in [0.717, 1.165) is 10.5 Å². The van der Waals surface area contributed by atoms with Gasteiger partial charge < -0.3 is 0 Å². The van der Waals surface area contributed by atoms with Crippen LogP contribution in [0.5, 0.6) is 0 Å². The van der Waals surface area contributed by atoms with Crippen molar-refractivity contribution < 1.29 is 14.4 Å². The fraction of sp³-hybridized carbons (Fsp3) is 0.357. The number of rotatable bonds is 4. The maximum atomic E-state index is 11.8. The van der Waals surface area contributed by atoms with E-state index in [1.807, 2.05) is 30.3 Å². The highest BCUT2D eigenvalue weighted by Gasteiger charge is 2.36. The molecule has 1 aliphatic heterocycles. The van der Waals surface area contributed by atoms with Crippen LogP contribution in [0.2, 0.25) is 0 Å². The second-order valence-electron chi connectivity index (χ2n) is 4.62. The number of Topliss-reactive ketones (excluding diaryl/α,β-unsaturated/α-hetero) is 1. The van der Waals surface area contributed by atoms with Gasteiger partial charge in [0, 0.05) is 18.8 Å². The molecular formula is C14H15NO3. The second kappa shape index (κ2) is 5.12. The number of hydrogen-bond donors (Lipinski definition) is 0. The first-order valence-electron chi connectivity index (χ1n) is 5.97. The van der Waals surface area contributed by atoms with Crippen molar-refractivity contribution in [1.82, 2.24) is 4.90 Å².